The third-order valence-electron chi connectivity index (χ3n) is 10.6. The van der Waals surface area contributed by atoms with Gasteiger partial charge in [-0.3, -0.25) is 0 Å². The second kappa shape index (κ2) is 12.4. The van der Waals surface area contributed by atoms with Crippen LogP contribution in [0.15, 0.2) is 98.1 Å². The summed E-state index contributed by atoms with van der Waals surface area (Å²) in [5.74, 6) is 0. The molecule has 2 aliphatic rings. The van der Waals surface area contributed by atoms with Gasteiger partial charge in [-0.25, -0.2) is 18.3 Å². The number of anilines is 2. The summed E-state index contributed by atoms with van der Waals surface area (Å²) in [4.78, 5) is 5.08. The third-order valence-corrected chi connectivity index (χ3v) is 10.6. The fourth-order valence-electron chi connectivity index (χ4n) is 8.34. The minimum atomic E-state index is 0.871. The number of nitrogens with zero attached hydrogens (tertiary/aromatic N) is 6. The minimum absolute atomic E-state index is 0.871. The van der Waals surface area contributed by atoms with Gasteiger partial charge in [0, 0.05) is 24.5 Å². The molecule has 248 valence electrons. The average Bonchev–Trinajstić information content (AvgIpc) is 3.69. The van der Waals surface area contributed by atoms with Crippen molar-refractivity contribution < 1.29 is 9.13 Å². The first-order valence-corrected chi connectivity index (χ1v) is 17.6. The molecular formula is C43H48N6+2. The average molecular weight is 649 g/mol. The Morgan fingerprint density at radius 1 is 0.531 bits per heavy atom. The van der Waals surface area contributed by atoms with Gasteiger partial charge in [-0.2, -0.15) is 0 Å². The van der Waals surface area contributed by atoms with Gasteiger partial charge in [0.05, 0.1) is 6.67 Å². The molecule has 4 aromatic carbocycles. The molecule has 6 heteroatoms. The summed E-state index contributed by atoms with van der Waals surface area (Å²) in [7, 11) is 0. The number of benzene rings is 4. The zero-order valence-electron chi connectivity index (χ0n) is 29.9. The zero-order chi connectivity index (χ0) is 33.8. The van der Waals surface area contributed by atoms with Gasteiger partial charge < -0.3 is 9.80 Å². The van der Waals surface area contributed by atoms with Gasteiger partial charge in [-0.15, -0.1) is 0 Å². The topological polar surface area (TPSA) is 24.1 Å². The van der Waals surface area contributed by atoms with E-state index in [2.05, 4.69) is 168 Å². The van der Waals surface area contributed by atoms with E-state index in [4.69, 9.17) is 0 Å². The summed E-state index contributed by atoms with van der Waals surface area (Å²) in [6, 6.07) is 23.4. The Balaban J connectivity index is 0.938. The number of hydrogen-bond donors (Lipinski definition) is 0. The first-order chi connectivity index (χ1) is 23.6. The molecule has 0 atom stereocenters. The summed E-state index contributed by atoms with van der Waals surface area (Å²) in [5.41, 5.74) is 19.2. The molecule has 6 nitrogen and oxygen atoms in total. The van der Waals surface area contributed by atoms with Crippen molar-refractivity contribution in [1.82, 2.24) is 9.13 Å². The van der Waals surface area contributed by atoms with Gasteiger partial charge in [0.15, 0.2) is 0 Å². The van der Waals surface area contributed by atoms with E-state index >= 15 is 0 Å². The van der Waals surface area contributed by atoms with Crippen LogP contribution in [0.1, 0.15) is 66.8 Å². The maximum Gasteiger partial charge on any atom is 0.244 e. The maximum absolute atomic E-state index is 2.54. The molecule has 0 N–H and O–H groups in total. The van der Waals surface area contributed by atoms with E-state index < -0.39 is 0 Å². The number of aromatic nitrogens is 4. The first-order valence-electron chi connectivity index (χ1n) is 17.6. The number of hydrogen-bond acceptors (Lipinski definition) is 2. The van der Waals surface area contributed by atoms with E-state index in [1.807, 2.05) is 0 Å². The van der Waals surface area contributed by atoms with Crippen molar-refractivity contribution >= 4 is 11.4 Å². The van der Waals surface area contributed by atoms with Crippen molar-refractivity contribution in [3.8, 4) is 0 Å². The van der Waals surface area contributed by atoms with Crippen molar-refractivity contribution in [1.29, 1.82) is 0 Å². The molecule has 4 heterocycles. The van der Waals surface area contributed by atoms with Crippen molar-refractivity contribution in [2.45, 2.75) is 80.8 Å². The molecule has 0 aliphatic carbocycles. The highest BCUT2D eigenvalue weighted by atomic mass is 15.4. The molecule has 0 saturated carbocycles. The monoisotopic (exact) mass is 648 g/mol. The van der Waals surface area contributed by atoms with E-state index in [0.29, 0.717) is 0 Å². The Bertz CT molecular complexity index is 2000. The Hall–Kier alpha value is -5.10. The Morgan fingerprint density at radius 3 is 1.35 bits per heavy atom. The molecule has 6 aromatic rings. The molecule has 2 aromatic heterocycles. The van der Waals surface area contributed by atoms with Crippen molar-refractivity contribution in [3.63, 3.8) is 0 Å². The lowest BCUT2D eigenvalue weighted by atomic mass is 9.98. The van der Waals surface area contributed by atoms with Gasteiger partial charge in [0.2, 0.25) is 12.7 Å². The highest BCUT2D eigenvalue weighted by molar-refractivity contribution is 5.68. The molecule has 49 heavy (non-hydrogen) atoms. The van der Waals surface area contributed by atoms with Crippen LogP contribution >= 0.6 is 0 Å². The predicted molar refractivity (Wildman–Crippen MR) is 197 cm³/mol. The lowest BCUT2D eigenvalue weighted by Crippen LogP contribution is -2.46. The van der Waals surface area contributed by atoms with Crippen LogP contribution in [0.25, 0.3) is 0 Å². The Morgan fingerprint density at radius 2 is 0.939 bits per heavy atom. The van der Waals surface area contributed by atoms with Gasteiger partial charge in [-0.1, -0.05) is 47.5 Å². The normalized spacial score (nSPS) is 13.5. The lowest BCUT2D eigenvalue weighted by molar-refractivity contribution is -0.688. The molecule has 0 saturated heterocycles. The molecular weight excluding hydrogens is 601 g/mol. The molecule has 0 unspecified atom stereocenters. The number of aryl methyl sites for hydroxylation is 6. The predicted octanol–water partition coefficient (Wildman–Crippen LogP) is 7.21. The molecule has 0 amide bonds. The van der Waals surface area contributed by atoms with Crippen LogP contribution in [-0.4, -0.2) is 15.8 Å². The highest BCUT2D eigenvalue weighted by Gasteiger charge is 2.30. The van der Waals surface area contributed by atoms with E-state index in [0.717, 1.165) is 45.9 Å². The summed E-state index contributed by atoms with van der Waals surface area (Å²) in [6.07, 6.45) is 13.3. The van der Waals surface area contributed by atoms with E-state index in [1.54, 1.807) is 0 Å². The van der Waals surface area contributed by atoms with Crippen molar-refractivity contribution in [2.24, 2.45) is 0 Å². The Labute approximate surface area is 291 Å². The largest absolute Gasteiger partial charge is 0.349 e. The van der Waals surface area contributed by atoms with Crippen LogP contribution in [0.3, 0.4) is 0 Å². The second-order valence-electron chi connectivity index (χ2n) is 14.7. The number of rotatable bonds is 8. The molecule has 2 bridgehead atoms. The number of fused-ring (bicyclic) bond motifs is 6. The highest BCUT2D eigenvalue weighted by Crippen LogP contribution is 2.38. The minimum Gasteiger partial charge on any atom is -0.349 e. The molecule has 2 aliphatic heterocycles. The summed E-state index contributed by atoms with van der Waals surface area (Å²) in [6.45, 7) is 19.6. The lowest BCUT2D eigenvalue weighted by Gasteiger charge is -2.45. The maximum atomic E-state index is 2.54. The quantitative estimate of drug-likeness (QED) is 0.163. The van der Waals surface area contributed by atoms with E-state index in [1.165, 1.54) is 78.1 Å². The standard InChI is InChI=1S/C43H48N6/c1-30-15-32(3)40(33(4)16-30)25-46-13-11-44(27-46)21-36-7-9-42-38(19-36)23-48-29-49(42)24-39-20-37(8-10-43(39)48)22-45-12-14-47(28-45)26-41-34(5)17-31(2)18-35(41)6/h7-20,27-28H,21-26,29H2,1-6H3/q+2. The van der Waals surface area contributed by atoms with Crippen LogP contribution in [-0.2, 0) is 39.3 Å². The van der Waals surface area contributed by atoms with Crippen LogP contribution in [0.4, 0.5) is 11.4 Å². The molecule has 8 rings (SSSR count). The van der Waals surface area contributed by atoms with Gasteiger partial charge in [-0.05, 0) is 121 Å². The van der Waals surface area contributed by atoms with Crippen molar-refractivity contribution in [2.75, 3.05) is 16.5 Å². The first kappa shape index (κ1) is 31.2. The van der Waals surface area contributed by atoms with Crippen LogP contribution in [0, 0.1) is 41.5 Å². The van der Waals surface area contributed by atoms with Crippen LogP contribution in [0.2, 0.25) is 0 Å². The smallest absolute Gasteiger partial charge is 0.244 e. The SMILES string of the molecule is Cc1cc(C)c(Cn2cc[n+](Cc3ccc4c(c3)CN3CN4Cc4cc(C[n+]5ccn(Cc6c(C)cc(C)cc6C)c5)ccc43)c2)c(C)c1. The van der Waals surface area contributed by atoms with Gasteiger partial charge in [0.1, 0.15) is 51.0 Å². The van der Waals surface area contributed by atoms with Crippen LogP contribution in [0.5, 0.6) is 0 Å². The zero-order valence-corrected chi connectivity index (χ0v) is 29.9. The van der Waals surface area contributed by atoms with Gasteiger partial charge >= 0.3 is 0 Å². The summed E-state index contributed by atoms with van der Waals surface area (Å²) < 4.78 is 9.21. The third kappa shape index (κ3) is 6.28. The van der Waals surface area contributed by atoms with E-state index in [-0.39, 0.29) is 0 Å². The summed E-state index contributed by atoms with van der Waals surface area (Å²) in [5, 5.41) is 0. The van der Waals surface area contributed by atoms with E-state index in [9.17, 15) is 0 Å². The number of imidazole rings is 2. The molecule has 0 radical (unpaired) electrons. The van der Waals surface area contributed by atoms with Crippen molar-refractivity contribution in [3.05, 3.63) is 165 Å². The molecule has 0 fully saturated rings. The van der Waals surface area contributed by atoms with Gasteiger partial charge in [0.25, 0.3) is 0 Å². The Kier molecular flexibility index (Phi) is 7.90. The fraction of sp³-hybridized carbons (Fsp3) is 0.302. The molecule has 0 spiro atoms. The fourth-order valence-corrected chi connectivity index (χ4v) is 8.34. The summed E-state index contributed by atoms with van der Waals surface area (Å²) >= 11 is 0. The second-order valence-corrected chi connectivity index (χ2v) is 14.7. The van der Waals surface area contributed by atoms with Crippen LogP contribution < -0.4 is 18.9 Å².